The predicted octanol–water partition coefficient (Wildman–Crippen LogP) is 2.99. The van der Waals surface area contributed by atoms with E-state index in [1.54, 1.807) is 30.4 Å². The predicted molar refractivity (Wildman–Crippen MR) is 74.6 cm³/mol. The van der Waals surface area contributed by atoms with E-state index >= 15 is 0 Å². The molecule has 0 bridgehead atoms. The molecule has 0 radical (unpaired) electrons. The van der Waals surface area contributed by atoms with Crippen LogP contribution in [0.1, 0.15) is 19.0 Å². The smallest absolute Gasteiger partial charge is 0.115 e. The second-order valence-electron chi connectivity index (χ2n) is 3.79. The maximum absolute atomic E-state index is 4.35. The lowest BCUT2D eigenvalue weighted by Crippen LogP contribution is -2.00. The summed E-state index contributed by atoms with van der Waals surface area (Å²) in [5, 5.41) is 4.28. The Bertz CT molecular complexity index is 475. The summed E-state index contributed by atoms with van der Waals surface area (Å²) >= 11 is 1.64. The molecule has 2 heterocycles. The summed E-state index contributed by atoms with van der Waals surface area (Å²) in [6.45, 7) is 3.14. The molecule has 0 saturated carbocycles. The van der Waals surface area contributed by atoms with Crippen molar-refractivity contribution in [3.05, 3.63) is 42.6 Å². The first-order valence-corrected chi connectivity index (χ1v) is 6.94. The second-order valence-corrected chi connectivity index (χ2v) is 4.79. The number of nitrogens with zero attached hydrogens (tertiary/aromatic N) is 3. The van der Waals surface area contributed by atoms with Gasteiger partial charge in [0.05, 0.1) is 11.9 Å². The van der Waals surface area contributed by atoms with Gasteiger partial charge in [0.2, 0.25) is 0 Å². The minimum atomic E-state index is 0.806. The van der Waals surface area contributed by atoms with Gasteiger partial charge in [-0.2, -0.15) is 0 Å². The number of thioether (sulfide) groups is 1. The van der Waals surface area contributed by atoms with Crippen molar-refractivity contribution in [2.75, 3.05) is 11.9 Å². The lowest BCUT2D eigenvalue weighted by Gasteiger charge is -2.06. The minimum Gasteiger partial charge on any atom is -0.385 e. The van der Waals surface area contributed by atoms with Crippen molar-refractivity contribution in [3.8, 4) is 0 Å². The van der Waals surface area contributed by atoms with E-state index in [1.165, 1.54) is 0 Å². The molecule has 0 saturated heterocycles. The number of aromatic nitrogens is 3. The van der Waals surface area contributed by atoms with Crippen molar-refractivity contribution in [2.24, 2.45) is 0 Å². The van der Waals surface area contributed by atoms with Crippen molar-refractivity contribution in [1.82, 2.24) is 15.0 Å². The van der Waals surface area contributed by atoms with E-state index in [9.17, 15) is 0 Å². The van der Waals surface area contributed by atoms with Gasteiger partial charge in [0.25, 0.3) is 0 Å². The summed E-state index contributed by atoms with van der Waals surface area (Å²) in [6.07, 6.45) is 8.10. The number of hydrogen-bond donors (Lipinski definition) is 1. The van der Waals surface area contributed by atoms with Crippen LogP contribution in [0.4, 0.5) is 5.69 Å². The maximum atomic E-state index is 4.35. The summed E-state index contributed by atoms with van der Waals surface area (Å²) in [7, 11) is 0. The molecule has 0 atom stereocenters. The Morgan fingerprint density at radius 2 is 2.17 bits per heavy atom. The third-order valence-electron chi connectivity index (χ3n) is 2.30. The molecular formula is C13H16N4S. The monoisotopic (exact) mass is 260 g/mol. The highest BCUT2D eigenvalue weighted by Crippen LogP contribution is 2.19. The highest BCUT2D eigenvalue weighted by atomic mass is 32.2. The average molecular weight is 260 g/mol. The van der Waals surface area contributed by atoms with E-state index < -0.39 is 0 Å². The number of rotatable bonds is 6. The van der Waals surface area contributed by atoms with Crippen molar-refractivity contribution >= 4 is 17.4 Å². The Labute approximate surface area is 111 Å². The molecule has 18 heavy (non-hydrogen) atoms. The lowest BCUT2D eigenvalue weighted by molar-refractivity contribution is 0.977. The fourth-order valence-corrected chi connectivity index (χ4v) is 2.17. The second kappa shape index (κ2) is 6.96. The SMILES string of the molecule is CCCNc1ccnc(CSc2cnccn2)c1. The Morgan fingerprint density at radius 3 is 2.94 bits per heavy atom. The molecule has 1 N–H and O–H groups in total. The van der Waals surface area contributed by atoms with Crippen LogP contribution >= 0.6 is 11.8 Å². The Morgan fingerprint density at radius 1 is 1.22 bits per heavy atom. The summed E-state index contributed by atoms with van der Waals surface area (Å²) in [6, 6.07) is 4.07. The standard InChI is InChI=1S/C13H16N4S/c1-2-4-15-11-3-5-16-12(8-11)10-18-13-9-14-6-7-17-13/h3,5-9H,2,4,10H2,1H3,(H,15,16). The molecule has 2 aromatic heterocycles. The Balaban J connectivity index is 1.93. The highest BCUT2D eigenvalue weighted by Gasteiger charge is 2.00. The van der Waals surface area contributed by atoms with Gasteiger partial charge in [0.1, 0.15) is 5.03 Å². The molecule has 0 fully saturated rings. The van der Waals surface area contributed by atoms with Crippen LogP contribution in [0, 0.1) is 0 Å². The molecule has 4 nitrogen and oxygen atoms in total. The van der Waals surface area contributed by atoms with Crippen LogP contribution in [-0.4, -0.2) is 21.5 Å². The third-order valence-corrected chi connectivity index (χ3v) is 3.25. The van der Waals surface area contributed by atoms with Crippen LogP contribution in [0.5, 0.6) is 0 Å². The topological polar surface area (TPSA) is 50.7 Å². The van der Waals surface area contributed by atoms with Gasteiger partial charge in [-0.3, -0.25) is 9.97 Å². The Kier molecular flexibility index (Phi) is 4.96. The van der Waals surface area contributed by atoms with Gasteiger partial charge >= 0.3 is 0 Å². The molecule has 0 unspecified atom stereocenters. The fraction of sp³-hybridized carbons (Fsp3) is 0.308. The van der Waals surface area contributed by atoms with E-state index in [0.29, 0.717) is 0 Å². The largest absolute Gasteiger partial charge is 0.385 e. The van der Waals surface area contributed by atoms with E-state index in [4.69, 9.17) is 0 Å². The molecule has 2 aromatic rings. The number of pyridine rings is 1. The molecule has 0 amide bonds. The zero-order valence-corrected chi connectivity index (χ0v) is 11.2. The first-order chi connectivity index (χ1) is 8.88. The molecule has 5 heteroatoms. The van der Waals surface area contributed by atoms with Gasteiger partial charge in [-0.1, -0.05) is 18.7 Å². The zero-order chi connectivity index (χ0) is 12.6. The molecule has 94 valence electrons. The Hall–Kier alpha value is -1.62. The molecule has 0 spiro atoms. The number of hydrogen-bond acceptors (Lipinski definition) is 5. The summed E-state index contributed by atoms with van der Waals surface area (Å²) in [5.74, 6) is 0.806. The first kappa shape index (κ1) is 12.8. The van der Waals surface area contributed by atoms with Crippen LogP contribution in [-0.2, 0) is 5.75 Å². The molecule has 2 rings (SSSR count). The zero-order valence-electron chi connectivity index (χ0n) is 10.3. The molecule has 0 aliphatic rings. The van der Waals surface area contributed by atoms with Gasteiger partial charge in [0.15, 0.2) is 0 Å². The number of anilines is 1. The van der Waals surface area contributed by atoms with Gasteiger partial charge in [-0.25, -0.2) is 4.98 Å². The average Bonchev–Trinajstić information content (AvgIpc) is 2.44. The van der Waals surface area contributed by atoms with Crippen molar-refractivity contribution < 1.29 is 0 Å². The fourth-order valence-electron chi connectivity index (χ4n) is 1.44. The summed E-state index contributed by atoms with van der Waals surface area (Å²) in [4.78, 5) is 12.6. The molecule has 0 aliphatic heterocycles. The van der Waals surface area contributed by atoms with Crippen LogP contribution in [0.3, 0.4) is 0 Å². The molecule has 0 aromatic carbocycles. The normalized spacial score (nSPS) is 10.3. The van der Waals surface area contributed by atoms with E-state index in [2.05, 4.69) is 33.3 Å². The van der Waals surface area contributed by atoms with Crippen molar-refractivity contribution in [1.29, 1.82) is 0 Å². The number of nitrogens with one attached hydrogen (secondary N) is 1. The van der Waals surface area contributed by atoms with Crippen LogP contribution < -0.4 is 5.32 Å². The lowest BCUT2D eigenvalue weighted by atomic mass is 10.3. The van der Waals surface area contributed by atoms with Gasteiger partial charge in [-0.15, -0.1) is 0 Å². The van der Waals surface area contributed by atoms with Gasteiger partial charge in [-0.05, 0) is 18.6 Å². The van der Waals surface area contributed by atoms with Crippen LogP contribution in [0.15, 0.2) is 41.9 Å². The van der Waals surface area contributed by atoms with E-state index in [1.807, 2.05) is 12.3 Å². The quantitative estimate of drug-likeness (QED) is 0.809. The van der Waals surface area contributed by atoms with E-state index in [-0.39, 0.29) is 0 Å². The molecular weight excluding hydrogens is 244 g/mol. The summed E-state index contributed by atoms with van der Waals surface area (Å²) in [5.41, 5.74) is 2.17. The highest BCUT2D eigenvalue weighted by molar-refractivity contribution is 7.98. The summed E-state index contributed by atoms with van der Waals surface area (Å²) < 4.78 is 0. The van der Waals surface area contributed by atoms with Crippen LogP contribution in [0.2, 0.25) is 0 Å². The van der Waals surface area contributed by atoms with Crippen LogP contribution in [0.25, 0.3) is 0 Å². The third kappa shape index (κ3) is 4.00. The van der Waals surface area contributed by atoms with Gasteiger partial charge < -0.3 is 5.32 Å². The minimum absolute atomic E-state index is 0.806. The van der Waals surface area contributed by atoms with Gasteiger partial charge in [0, 0.05) is 36.6 Å². The molecule has 0 aliphatic carbocycles. The van der Waals surface area contributed by atoms with Crippen molar-refractivity contribution in [2.45, 2.75) is 24.1 Å². The van der Waals surface area contributed by atoms with Crippen molar-refractivity contribution in [3.63, 3.8) is 0 Å². The first-order valence-electron chi connectivity index (χ1n) is 5.96. The van der Waals surface area contributed by atoms with E-state index in [0.717, 1.165) is 35.1 Å². The maximum Gasteiger partial charge on any atom is 0.115 e.